The van der Waals surface area contributed by atoms with Crippen LogP contribution in [0.2, 0.25) is 0 Å². The third kappa shape index (κ3) is 3.14. The third-order valence-corrected chi connectivity index (χ3v) is 4.87. The van der Waals surface area contributed by atoms with Crippen molar-refractivity contribution in [3.05, 3.63) is 0 Å². The molecule has 2 rings (SSSR count). The van der Waals surface area contributed by atoms with Gasteiger partial charge in [-0.2, -0.15) is 0 Å². The minimum absolute atomic E-state index is 0.123. The van der Waals surface area contributed by atoms with Crippen LogP contribution >= 0.6 is 0 Å². The van der Waals surface area contributed by atoms with Gasteiger partial charge in [-0.05, 0) is 31.6 Å². The van der Waals surface area contributed by atoms with Crippen molar-refractivity contribution in [2.75, 3.05) is 13.6 Å². The summed E-state index contributed by atoms with van der Waals surface area (Å²) in [6.45, 7) is 2.32. The van der Waals surface area contributed by atoms with Crippen LogP contribution in [0.25, 0.3) is 0 Å². The molecule has 114 valence electrons. The van der Waals surface area contributed by atoms with E-state index in [1.165, 1.54) is 0 Å². The topological polar surface area (TPSA) is 77.8 Å². The van der Waals surface area contributed by atoms with Gasteiger partial charge in [0.25, 0.3) is 0 Å². The lowest BCUT2D eigenvalue weighted by molar-refractivity contribution is -0.149. The first-order valence-electron chi connectivity index (χ1n) is 7.52. The predicted molar refractivity (Wildman–Crippen MR) is 74.1 cm³/mol. The van der Waals surface area contributed by atoms with Crippen LogP contribution in [0.5, 0.6) is 0 Å². The fourth-order valence-corrected chi connectivity index (χ4v) is 3.83. The Hall–Kier alpha value is -1.10. The van der Waals surface area contributed by atoms with Gasteiger partial charge in [-0.15, -0.1) is 0 Å². The Labute approximate surface area is 120 Å². The quantitative estimate of drug-likeness (QED) is 0.819. The van der Waals surface area contributed by atoms with Gasteiger partial charge in [0, 0.05) is 13.6 Å². The van der Waals surface area contributed by atoms with Gasteiger partial charge in [0.2, 0.25) is 5.91 Å². The maximum atomic E-state index is 12.5. The van der Waals surface area contributed by atoms with Crippen LogP contribution in [-0.4, -0.2) is 46.2 Å². The van der Waals surface area contributed by atoms with Crippen molar-refractivity contribution in [1.82, 2.24) is 4.90 Å². The molecule has 0 aromatic heterocycles. The summed E-state index contributed by atoms with van der Waals surface area (Å²) in [5, 5.41) is 19.6. The van der Waals surface area contributed by atoms with Crippen molar-refractivity contribution in [2.45, 2.75) is 51.0 Å². The van der Waals surface area contributed by atoms with Gasteiger partial charge in [-0.1, -0.05) is 19.8 Å². The van der Waals surface area contributed by atoms with Crippen LogP contribution in [0, 0.1) is 17.8 Å². The van der Waals surface area contributed by atoms with Crippen LogP contribution in [0.4, 0.5) is 0 Å². The Bertz CT molecular complexity index is 389. The molecule has 0 spiro atoms. The van der Waals surface area contributed by atoms with E-state index in [0.29, 0.717) is 19.4 Å². The summed E-state index contributed by atoms with van der Waals surface area (Å²) in [5.41, 5.74) is -0.770. The molecule has 5 nitrogen and oxygen atoms in total. The van der Waals surface area contributed by atoms with Gasteiger partial charge >= 0.3 is 5.97 Å². The average molecular weight is 283 g/mol. The van der Waals surface area contributed by atoms with E-state index in [0.717, 1.165) is 25.7 Å². The monoisotopic (exact) mass is 283 g/mol. The second-order valence-corrected chi connectivity index (χ2v) is 6.75. The summed E-state index contributed by atoms with van der Waals surface area (Å²) < 4.78 is 0. The summed E-state index contributed by atoms with van der Waals surface area (Å²) in [6.07, 6.45) is 4.66. The van der Waals surface area contributed by atoms with E-state index in [1.54, 1.807) is 11.9 Å². The minimum atomic E-state index is -0.874. The number of carboxylic acid groups (broad SMARTS) is 1. The molecule has 0 bridgehead atoms. The molecule has 20 heavy (non-hydrogen) atoms. The molecule has 0 aromatic rings. The maximum Gasteiger partial charge on any atom is 0.307 e. The summed E-state index contributed by atoms with van der Waals surface area (Å²) >= 11 is 0. The SMILES string of the molecule is CC1CC(C(=O)O)C(C(=O)N(C)CC2(O)CCCC2)C1. The summed E-state index contributed by atoms with van der Waals surface area (Å²) in [7, 11) is 1.68. The molecule has 2 aliphatic carbocycles. The van der Waals surface area contributed by atoms with E-state index in [2.05, 4.69) is 0 Å². The molecule has 3 atom stereocenters. The number of amides is 1. The number of rotatable bonds is 4. The van der Waals surface area contributed by atoms with E-state index in [-0.39, 0.29) is 11.8 Å². The van der Waals surface area contributed by atoms with Crippen LogP contribution in [0.15, 0.2) is 0 Å². The highest BCUT2D eigenvalue weighted by Crippen LogP contribution is 2.38. The molecule has 0 radical (unpaired) electrons. The van der Waals surface area contributed by atoms with Crippen molar-refractivity contribution < 1.29 is 19.8 Å². The molecule has 0 heterocycles. The van der Waals surface area contributed by atoms with Gasteiger partial charge in [-0.3, -0.25) is 9.59 Å². The Morgan fingerprint density at radius 1 is 1.20 bits per heavy atom. The number of nitrogens with zero attached hydrogens (tertiary/aromatic N) is 1. The third-order valence-electron chi connectivity index (χ3n) is 4.87. The van der Waals surface area contributed by atoms with Gasteiger partial charge in [0.15, 0.2) is 0 Å². The van der Waals surface area contributed by atoms with E-state index in [4.69, 9.17) is 0 Å². The smallest absolute Gasteiger partial charge is 0.307 e. The minimum Gasteiger partial charge on any atom is -0.481 e. The Morgan fingerprint density at radius 2 is 1.75 bits per heavy atom. The highest BCUT2D eigenvalue weighted by atomic mass is 16.4. The van der Waals surface area contributed by atoms with E-state index >= 15 is 0 Å². The molecule has 0 saturated heterocycles. The number of hydrogen-bond donors (Lipinski definition) is 2. The van der Waals surface area contributed by atoms with Crippen molar-refractivity contribution in [2.24, 2.45) is 17.8 Å². The van der Waals surface area contributed by atoms with Crippen LogP contribution < -0.4 is 0 Å². The van der Waals surface area contributed by atoms with Crippen molar-refractivity contribution in [3.8, 4) is 0 Å². The molecule has 3 unspecified atom stereocenters. The number of carboxylic acids is 1. The first kappa shape index (κ1) is 15.3. The number of aliphatic hydroxyl groups is 1. The average Bonchev–Trinajstić information content (AvgIpc) is 2.94. The number of likely N-dealkylation sites (N-methyl/N-ethyl adjacent to an activating group) is 1. The number of carbonyl (C=O) groups is 2. The normalized spacial score (nSPS) is 32.2. The zero-order valence-electron chi connectivity index (χ0n) is 12.3. The van der Waals surface area contributed by atoms with Crippen LogP contribution in [-0.2, 0) is 9.59 Å². The van der Waals surface area contributed by atoms with E-state index in [1.807, 2.05) is 6.92 Å². The predicted octanol–water partition coefficient (Wildman–Crippen LogP) is 1.50. The highest BCUT2D eigenvalue weighted by molar-refractivity contribution is 5.85. The van der Waals surface area contributed by atoms with E-state index < -0.39 is 23.4 Å². The summed E-state index contributed by atoms with van der Waals surface area (Å²) in [6, 6.07) is 0. The second kappa shape index (κ2) is 5.72. The first-order valence-corrected chi connectivity index (χ1v) is 7.52. The number of aliphatic carboxylic acids is 1. The number of carbonyl (C=O) groups excluding carboxylic acids is 1. The molecule has 2 N–H and O–H groups in total. The van der Waals surface area contributed by atoms with Gasteiger partial charge in [-0.25, -0.2) is 0 Å². The Kier molecular flexibility index (Phi) is 4.37. The van der Waals surface area contributed by atoms with Gasteiger partial charge < -0.3 is 15.1 Å². The molecule has 1 amide bonds. The summed E-state index contributed by atoms with van der Waals surface area (Å²) in [4.78, 5) is 25.3. The standard InChI is InChI=1S/C15H25NO4/c1-10-7-11(12(8-10)14(18)19)13(17)16(2)9-15(20)5-3-4-6-15/h10-12,20H,3-9H2,1-2H3,(H,18,19). The lowest BCUT2D eigenvalue weighted by Crippen LogP contribution is -2.45. The van der Waals surface area contributed by atoms with Crippen molar-refractivity contribution >= 4 is 11.9 Å². The molecule has 2 aliphatic rings. The molecular weight excluding hydrogens is 258 g/mol. The molecule has 2 fully saturated rings. The van der Waals surface area contributed by atoms with E-state index in [9.17, 15) is 19.8 Å². The summed E-state index contributed by atoms with van der Waals surface area (Å²) in [5.74, 6) is -1.73. The zero-order valence-corrected chi connectivity index (χ0v) is 12.3. The highest BCUT2D eigenvalue weighted by Gasteiger charge is 2.43. The van der Waals surface area contributed by atoms with Crippen LogP contribution in [0.3, 0.4) is 0 Å². The zero-order chi connectivity index (χ0) is 14.9. The molecule has 0 aliphatic heterocycles. The van der Waals surface area contributed by atoms with Gasteiger partial charge in [0.05, 0.1) is 17.4 Å². The van der Waals surface area contributed by atoms with Crippen LogP contribution in [0.1, 0.15) is 45.4 Å². The maximum absolute atomic E-state index is 12.5. The fourth-order valence-electron chi connectivity index (χ4n) is 3.83. The molecule has 2 saturated carbocycles. The van der Waals surface area contributed by atoms with Crippen molar-refractivity contribution in [3.63, 3.8) is 0 Å². The number of hydrogen-bond acceptors (Lipinski definition) is 3. The largest absolute Gasteiger partial charge is 0.481 e. The fraction of sp³-hybridized carbons (Fsp3) is 0.867. The van der Waals surface area contributed by atoms with Crippen molar-refractivity contribution in [1.29, 1.82) is 0 Å². The van der Waals surface area contributed by atoms with Gasteiger partial charge in [0.1, 0.15) is 0 Å². The Balaban J connectivity index is 2.00. The Morgan fingerprint density at radius 3 is 2.30 bits per heavy atom. The first-order chi connectivity index (χ1) is 9.32. The second-order valence-electron chi connectivity index (χ2n) is 6.75. The lowest BCUT2D eigenvalue weighted by atomic mass is 9.94. The molecule has 0 aromatic carbocycles. The molecular formula is C15H25NO4. The molecule has 5 heteroatoms. The lowest BCUT2D eigenvalue weighted by Gasteiger charge is -2.31.